The summed E-state index contributed by atoms with van der Waals surface area (Å²) in [6, 6.07) is 8.56. The molecule has 0 aliphatic heterocycles. The minimum atomic E-state index is -3.18. The van der Waals surface area contributed by atoms with E-state index in [1.54, 1.807) is 6.07 Å². The smallest absolute Gasteiger partial charge is 0.387 e. The minimum Gasteiger partial charge on any atom is -0.435 e. The van der Waals surface area contributed by atoms with Crippen molar-refractivity contribution < 1.29 is 31.8 Å². The van der Waals surface area contributed by atoms with E-state index in [-0.39, 0.29) is 18.0 Å². The van der Waals surface area contributed by atoms with Crippen molar-refractivity contribution in [2.24, 2.45) is 0 Å². The van der Waals surface area contributed by atoms with E-state index in [2.05, 4.69) is 36.0 Å². The first-order valence-corrected chi connectivity index (χ1v) is 8.37. The quantitative estimate of drug-likeness (QED) is 0.555. The van der Waals surface area contributed by atoms with E-state index in [1.165, 1.54) is 6.07 Å². The maximum atomic E-state index is 12.5. The summed E-state index contributed by atoms with van der Waals surface area (Å²) in [6.45, 7) is -4.66. The van der Waals surface area contributed by atoms with Gasteiger partial charge in [0, 0.05) is 10.5 Å². The van der Waals surface area contributed by atoms with Gasteiger partial charge in [-0.1, -0.05) is 6.07 Å². The van der Waals surface area contributed by atoms with Gasteiger partial charge in [0.2, 0.25) is 5.91 Å². The highest BCUT2D eigenvalue weighted by molar-refractivity contribution is 9.10. The molecule has 27 heavy (non-hydrogen) atoms. The summed E-state index contributed by atoms with van der Waals surface area (Å²) in [5, 5.41) is 5.27. The fraction of sp³-hybridized carbons (Fsp3) is 0.235. The third-order valence-electron chi connectivity index (χ3n) is 3.23. The Morgan fingerprint density at radius 1 is 1.04 bits per heavy atom. The number of amides is 1. The molecule has 0 radical (unpaired) electrons. The zero-order valence-corrected chi connectivity index (χ0v) is 15.5. The fourth-order valence-corrected chi connectivity index (χ4v) is 2.70. The number of ether oxygens (including phenoxy) is 2. The molecule has 0 heterocycles. The van der Waals surface area contributed by atoms with Crippen LogP contribution in [0.15, 0.2) is 40.9 Å². The fourth-order valence-electron chi connectivity index (χ4n) is 2.11. The topological polar surface area (TPSA) is 59.6 Å². The van der Waals surface area contributed by atoms with Gasteiger partial charge < -0.3 is 20.1 Å². The van der Waals surface area contributed by atoms with Crippen molar-refractivity contribution in [3.05, 3.63) is 46.4 Å². The number of anilines is 2. The van der Waals surface area contributed by atoms with Crippen LogP contribution in [-0.4, -0.2) is 25.7 Å². The van der Waals surface area contributed by atoms with Gasteiger partial charge in [-0.15, -0.1) is 0 Å². The summed E-state index contributed by atoms with van der Waals surface area (Å²) in [4.78, 5) is 12.1. The molecule has 0 saturated carbocycles. The van der Waals surface area contributed by atoms with Gasteiger partial charge in [-0.05, 0) is 52.7 Å². The normalized spacial score (nSPS) is 10.8. The molecular formula is C17H15BrF4N2O3. The molecule has 2 aromatic carbocycles. The van der Waals surface area contributed by atoms with E-state index in [0.717, 1.165) is 17.7 Å². The molecule has 2 aromatic rings. The van der Waals surface area contributed by atoms with E-state index in [1.807, 2.05) is 19.1 Å². The van der Waals surface area contributed by atoms with Crippen LogP contribution in [0.1, 0.15) is 5.56 Å². The van der Waals surface area contributed by atoms with Gasteiger partial charge in [0.1, 0.15) is 5.75 Å². The number of carbonyl (C=O) groups is 1. The predicted octanol–water partition coefficient (Wildman–Crippen LogP) is 5.01. The van der Waals surface area contributed by atoms with Crippen molar-refractivity contribution in [1.82, 2.24) is 0 Å². The number of alkyl halides is 4. The van der Waals surface area contributed by atoms with Gasteiger partial charge in [-0.25, -0.2) is 0 Å². The molecule has 0 unspecified atom stereocenters. The van der Waals surface area contributed by atoms with Gasteiger partial charge in [0.15, 0.2) is 5.75 Å². The van der Waals surface area contributed by atoms with Crippen LogP contribution in [0.2, 0.25) is 0 Å². The average Bonchev–Trinajstić information content (AvgIpc) is 2.55. The van der Waals surface area contributed by atoms with Crippen molar-refractivity contribution in [2.75, 3.05) is 17.2 Å². The molecule has 0 saturated heterocycles. The van der Waals surface area contributed by atoms with Crippen molar-refractivity contribution in [3.63, 3.8) is 0 Å². The molecule has 0 aromatic heterocycles. The molecule has 0 fully saturated rings. The minimum absolute atomic E-state index is 0.0232. The molecule has 2 N–H and O–H groups in total. The summed E-state index contributed by atoms with van der Waals surface area (Å²) in [7, 11) is 0. The largest absolute Gasteiger partial charge is 0.435 e. The number of benzene rings is 2. The second-order valence-corrected chi connectivity index (χ2v) is 6.15. The van der Waals surface area contributed by atoms with E-state index < -0.39 is 24.9 Å². The molecule has 5 nitrogen and oxygen atoms in total. The highest BCUT2D eigenvalue weighted by atomic mass is 79.9. The number of rotatable bonds is 8. The SMILES string of the molecule is Cc1ccc(NC(=O)CNc2ccc(OC(F)F)cc2OC(F)F)c(Br)c1. The maximum Gasteiger partial charge on any atom is 0.387 e. The lowest BCUT2D eigenvalue weighted by molar-refractivity contribution is -0.114. The number of nitrogens with one attached hydrogen (secondary N) is 2. The summed E-state index contributed by atoms with van der Waals surface area (Å²) < 4.78 is 58.7. The van der Waals surface area contributed by atoms with Crippen molar-refractivity contribution in [1.29, 1.82) is 0 Å². The molecule has 10 heteroatoms. The second-order valence-electron chi connectivity index (χ2n) is 5.30. The molecule has 2 rings (SSSR count). The highest BCUT2D eigenvalue weighted by Crippen LogP contribution is 2.31. The molecular weight excluding hydrogens is 436 g/mol. The summed E-state index contributed by atoms with van der Waals surface area (Å²) in [6.07, 6.45) is 0. The first-order valence-electron chi connectivity index (χ1n) is 7.58. The van der Waals surface area contributed by atoms with Crippen LogP contribution in [0.5, 0.6) is 11.5 Å². The third kappa shape index (κ3) is 6.63. The average molecular weight is 451 g/mol. The van der Waals surface area contributed by atoms with Gasteiger partial charge in [-0.2, -0.15) is 17.6 Å². The molecule has 0 spiro atoms. The Balaban J connectivity index is 2.05. The van der Waals surface area contributed by atoms with Gasteiger partial charge in [-0.3, -0.25) is 4.79 Å². The Labute approximate surface area is 160 Å². The van der Waals surface area contributed by atoms with Crippen LogP contribution < -0.4 is 20.1 Å². The Morgan fingerprint density at radius 3 is 2.33 bits per heavy atom. The first-order chi connectivity index (χ1) is 12.7. The third-order valence-corrected chi connectivity index (χ3v) is 3.89. The zero-order valence-electron chi connectivity index (χ0n) is 13.9. The predicted molar refractivity (Wildman–Crippen MR) is 95.7 cm³/mol. The summed E-state index contributed by atoms with van der Waals surface area (Å²) in [5.74, 6) is -1.22. The standard InChI is InChI=1S/C17H15BrF4N2O3/c1-9-2-4-12(11(18)6-9)24-15(25)8-23-13-5-3-10(26-16(19)20)7-14(13)27-17(21)22/h2-7,16-17,23H,8H2,1H3,(H,24,25). The second kappa shape index (κ2) is 9.45. The number of hydrogen-bond donors (Lipinski definition) is 2. The van der Waals surface area contributed by atoms with Crippen LogP contribution in [0.3, 0.4) is 0 Å². The van der Waals surface area contributed by atoms with Crippen LogP contribution in [0.4, 0.5) is 28.9 Å². The Hall–Kier alpha value is -2.49. The first kappa shape index (κ1) is 20.8. The number of halogens is 5. The zero-order chi connectivity index (χ0) is 20.0. The summed E-state index contributed by atoms with van der Waals surface area (Å²) in [5.41, 5.74) is 1.56. The van der Waals surface area contributed by atoms with E-state index in [4.69, 9.17) is 0 Å². The Morgan fingerprint density at radius 2 is 1.70 bits per heavy atom. The molecule has 0 atom stereocenters. The van der Waals surface area contributed by atoms with Crippen LogP contribution in [-0.2, 0) is 4.79 Å². The van der Waals surface area contributed by atoms with Gasteiger partial charge in [0.25, 0.3) is 0 Å². The van der Waals surface area contributed by atoms with Gasteiger partial charge >= 0.3 is 13.2 Å². The Kier molecular flexibility index (Phi) is 7.28. The number of hydrogen-bond acceptors (Lipinski definition) is 4. The molecule has 1 amide bonds. The van der Waals surface area contributed by atoms with Gasteiger partial charge in [0.05, 0.1) is 17.9 Å². The summed E-state index contributed by atoms with van der Waals surface area (Å²) >= 11 is 3.32. The molecule has 0 bridgehead atoms. The highest BCUT2D eigenvalue weighted by Gasteiger charge is 2.14. The van der Waals surface area contributed by atoms with Crippen LogP contribution in [0, 0.1) is 6.92 Å². The lowest BCUT2D eigenvalue weighted by Gasteiger charge is -2.15. The lowest BCUT2D eigenvalue weighted by atomic mass is 10.2. The van der Waals surface area contributed by atoms with Crippen molar-refractivity contribution in [2.45, 2.75) is 20.1 Å². The van der Waals surface area contributed by atoms with E-state index in [0.29, 0.717) is 10.2 Å². The number of carbonyl (C=O) groups excluding carboxylic acids is 1. The Bertz CT molecular complexity index is 806. The monoisotopic (exact) mass is 450 g/mol. The number of aryl methyl sites for hydroxylation is 1. The van der Waals surface area contributed by atoms with Crippen molar-refractivity contribution >= 4 is 33.2 Å². The lowest BCUT2D eigenvalue weighted by Crippen LogP contribution is -2.22. The van der Waals surface area contributed by atoms with E-state index >= 15 is 0 Å². The molecule has 0 aliphatic rings. The molecule has 0 aliphatic carbocycles. The van der Waals surface area contributed by atoms with Crippen LogP contribution >= 0.6 is 15.9 Å². The maximum absolute atomic E-state index is 12.5. The van der Waals surface area contributed by atoms with Crippen molar-refractivity contribution in [3.8, 4) is 11.5 Å². The van der Waals surface area contributed by atoms with Crippen LogP contribution in [0.25, 0.3) is 0 Å². The van der Waals surface area contributed by atoms with E-state index in [9.17, 15) is 22.4 Å². The molecule has 146 valence electrons.